The van der Waals surface area contributed by atoms with Crippen molar-refractivity contribution in [1.82, 2.24) is 5.32 Å². The van der Waals surface area contributed by atoms with Crippen molar-refractivity contribution in [3.05, 3.63) is 95.6 Å². The summed E-state index contributed by atoms with van der Waals surface area (Å²) in [5, 5.41) is 3.17. The molecular formula is C25H24N2O2S. The van der Waals surface area contributed by atoms with Gasteiger partial charge in [0.2, 0.25) is 11.8 Å². The van der Waals surface area contributed by atoms with Crippen LogP contribution in [0, 0.1) is 6.92 Å². The normalized spacial score (nSPS) is 14.2. The molecule has 5 heteroatoms. The van der Waals surface area contributed by atoms with E-state index < -0.39 is 0 Å². The molecule has 1 aliphatic heterocycles. The minimum atomic E-state index is -0.223. The van der Waals surface area contributed by atoms with Crippen LogP contribution in [0.4, 0.5) is 5.69 Å². The first-order valence-electron chi connectivity index (χ1n) is 10.0. The number of hydrogen-bond acceptors (Lipinski definition) is 3. The number of amides is 2. The van der Waals surface area contributed by atoms with Gasteiger partial charge in [-0.1, -0.05) is 72.3 Å². The Kier molecular flexibility index (Phi) is 6.19. The van der Waals surface area contributed by atoms with Crippen LogP contribution < -0.4 is 10.2 Å². The maximum Gasteiger partial charge on any atom is 0.237 e. The summed E-state index contributed by atoms with van der Waals surface area (Å²) in [5.74, 6) is 0.381. The van der Waals surface area contributed by atoms with Gasteiger partial charge in [-0.25, -0.2) is 0 Å². The molecule has 152 valence electrons. The summed E-state index contributed by atoms with van der Waals surface area (Å²) in [6.07, 6.45) is 0.250. The summed E-state index contributed by atoms with van der Waals surface area (Å²) in [6.45, 7) is 2.42. The number of carbonyl (C=O) groups is 2. The van der Waals surface area contributed by atoms with Crippen molar-refractivity contribution in [1.29, 1.82) is 0 Å². The summed E-state index contributed by atoms with van der Waals surface area (Å²) in [5.41, 5.74) is 4.14. The smallest absolute Gasteiger partial charge is 0.237 e. The highest BCUT2D eigenvalue weighted by Crippen LogP contribution is 2.35. The fourth-order valence-corrected chi connectivity index (χ4v) is 4.54. The highest BCUT2D eigenvalue weighted by atomic mass is 32.2. The number of fused-ring (bicyclic) bond motifs is 1. The average molecular weight is 417 g/mol. The largest absolute Gasteiger partial charge is 0.345 e. The Bertz CT molecular complexity index is 1030. The van der Waals surface area contributed by atoms with Crippen LogP contribution in [0.3, 0.4) is 0 Å². The molecule has 1 aliphatic rings. The molecule has 0 saturated heterocycles. The van der Waals surface area contributed by atoms with Gasteiger partial charge in [0.25, 0.3) is 0 Å². The molecule has 0 aromatic heterocycles. The van der Waals surface area contributed by atoms with Crippen LogP contribution in [0.1, 0.15) is 29.2 Å². The lowest BCUT2D eigenvalue weighted by Gasteiger charge is -2.29. The lowest BCUT2D eigenvalue weighted by Crippen LogP contribution is -2.39. The second-order valence-corrected chi connectivity index (χ2v) is 8.39. The number of rotatable bonds is 6. The minimum absolute atomic E-state index is 0.0460. The maximum atomic E-state index is 12.9. The topological polar surface area (TPSA) is 49.4 Å². The van der Waals surface area contributed by atoms with E-state index in [1.165, 1.54) is 5.56 Å². The molecule has 1 heterocycles. The van der Waals surface area contributed by atoms with Gasteiger partial charge in [0.15, 0.2) is 0 Å². The van der Waals surface area contributed by atoms with Crippen LogP contribution in [0.25, 0.3) is 0 Å². The zero-order chi connectivity index (χ0) is 20.9. The number of hydrogen-bond donors (Lipinski definition) is 1. The Hall–Kier alpha value is -3.05. The van der Waals surface area contributed by atoms with E-state index in [-0.39, 0.29) is 24.3 Å². The third-order valence-corrected chi connectivity index (χ3v) is 6.27. The van der Waals surface area contributed by atoms with Crippen molar-refractivity contribution in [2.24, 2.45) is 0 Å². The van der Waals surface area contributed by atoms with Crippen LogP contribution in [0.5, 0.6) is 0 Å². The van der Waals surface area contributed by atoms with Gasteiger partial charge in [0.05, 0.1) is 17.5 Å². The van der Waals surface area contributed by atoms with Crippen molar-refractivity contribution in [3.8, 4) is 0 Å². The molecule has 1 atom stereocenters. The predicted molar refractivity (Wildman–Crippen MR) is 122 cm³/mol. The van der Waals surface area contributed by atoms with E-state index in [1.54, 1.807) is 16.7 Å². The van der Waals surface area contributed by atoms with Gasteiger partial charge in [0, 0.05) is 17.9 Å². The standard InChI is InChI=1S/C25H24N2O2S/c1-18-11-13-20(14-12-18)25(19-7-3-2-4-8-19)26-23(28)15-16-27-21-9-5-6-10-22(21)30-17-24(27)29/h2-14,25H,15-17H2,1H3,(H,26,28). The number of aryl methyl sites for hydroxylation is 1. The van der Waals surface area contributed by atoms with Crippen molar-refractivity contribution < 1.29 is 9.59 Å². The van der Waals surface area contributed by atoms with Gasteiger partial charge in [-0.2, -0.15) is 0 Å². The summed E-state index contributed by atoms with van der Waals surface area (Å²) in [4.78, 5) is 28.1. The molecule has 0 saturated carbocycles. The molecule has 1 N–H and O–H groups in total. The number of nitrogens with zero attached hydrogens (tertiary/aromatic N) is 1. The lowest BCUT2D eigenvalue weighted by atomic mass is 9.97. The van der Waals surface area contributed by atoms with E-state index in [9.17, 15) is 9.59 Å². The van der Waals surface area contributed by atoms with Gasteiger partial charge in [-0.05, 0) is 30.2 Å². The van der Waals surface area contributed by atoms with E-state index in [2.05, 4.69) is 29.6 Å². The number of benzene rings is 3. The van der Waals surface area contributed by atoms with E-state index in [1.807, 2.05) is 61.5 Å². The van der Waals surface area contributed by atoms with Gasteiger partial charge < -0.3 is 10.2 Å². The Labute approximate surface area is 181 Å². The first-order chi connectivity index (χ1) is 14.6. The second-order valence-electron chi connectivity index (χ2n) is 7.37. The summed E-state index contributed by atoms with van der Waals surface area (Å²) in [6, 6.07) is 25.8. The van der Waals surface area contributed by atoms with Gasteiger partial charge in [-0.3, -0.25) is 9.59 Å². The number of para-hydroxylation sites is 1. The number of carbonyl (C=O) groups excluding carboxylic acids is 2. The average Bonchev–Trinajstić information content (AvgIpc) is 2.78. The summed E-state index contributed by atoms with van der Waals surface area (Å²) in [7, 11) is 0. The molecule has 3 aromatic rings. The predicted octanol–water partition coefficient (Wildman–Crippen LogP) is 4.73. The van der Waals surface area contributed by atoms with Crippen LogP contribution in [0.15, 0.2) is 83.8 Å². The Balaban J connectivity index is 1.48. The van der Waals surface area contributed by atoms with E-state index in [0.717, 1.165) is 21.7 Å². The van der Waals surface area contributed by atoms with Crippen LogP contribution >= 0.6 is 11.8 Å². The van der Waals surface area contributed by atoms with Crippen LogP contribution in [0.2, 0.25) is 0 Å². The molecule has 30 heavy (non-hydrogen) atoms. The van der Waals surface area contributed by atoms with Gasteiger partial charge >= 0.3 is 0 Å². The first kappa shape index (κ1) is 20.2. The number of anilines is 1. The fourth-order valence-electron chi connectivity index (χ4n) is 3.61. The highest BCUT2D eigenvalue weighted by molar-refractivity contribution is 8.00. The van der Waals surface area contributed by atoms with Crippen molar-refractivity contribution in [2.45, 2.75) is 24.3 Å². The minimum Gasteiger partial charge on any atom is -0.345 e. The molecule has 0 spiro atoms. The monoisotopic (exact) mass is 416 g/mol. The van der Waals surface area contributed by atoms with E-state index in [0.29, 0.717) is 12.3 Å². The van der Waals surface area contributed by atoms with E-state index >= 15 is 0 Å². The zero-order valence-electron chi connectivity index (χ0n) is 16.9. The van der Waals surface area contributed by atoms with Gasteiger partial charge in [0.1, 0.15) is 0 Å². The fraction of sp³-hybridized carbons (Fsp3) is 0.200. The highest BCUT2D eigenvalue weighted by Gasteiger charge is 2.25. The quantitative estimate of drug-likeness (QED) is 0.632. The molecule has 4 rings (SSSR count). The second kappa shape index (κ2) is 9.18. The molecule has 1 unspecified atom stereocenters. The number of thioether (sulfide) groups is 1. The molecular weight excluding hydrogens is 392 g/mol. The SMILES string of the molecule is Cc1ccc(C(NC(=O)CCN2C(=O)CSc3ccccc32)c2ccccc2)cc1. The zero-order valence-corrected chi connectivity index (χ0v) is 17.7. The molecule has 0 fully saturated rings. The molecule has 0 aliphatic carbocycles. The summed E-state index contributed by atoms with van der Waals surface area (Å²) < 4.78 is 0. The third kappa shape index (κ3) is 4.57. The molecule has 3 aromatic carbocycles. The Morgan fingerprint density at radius 1 is 0.967 bits per heavy atom. The lowest BCUT2D eigenvalue weighted by molar-refractivity contribution is -0.121. The summed E-state index contributed by atoms with van der Waals surface area (Å²) >= 11 is 1.55. The maximum absolute atomic E-state index is 12.9. The first-order valence-corrected chi connectivity index (χ1v) is 11.0. The molecule has 2 amide bonds. The van der Waals surface area contributed by atoms with Gasteiger partial charge in [-0.15, -0.1) is 11.8 Å². The van der Waals surface area contributed by atoms with Crippen LogP contribution in [-0.4, -0.2) is 24.1 Å². The number of nitrogens with one attached hydrogen (secondary N) is 1. The third-order valence-electron chi connectivity index (χ3n) is 5.22. The van der Waals surface area contributed by atoms with Crippen molar-refractivity contribution in [2.75, 3.05) is 17.2 Å². The van der Waals surface area contributed by atoms with Crippen molar-refractivity contribution in [3.63, 3.8) is 0 Å². The van der Waals surface area contributed by atoms with Crippen LogP contribution in [-0.2, 0) is 9.59 Å². The van der Waals surface area contributed by atoms with Crippen molar-refractivity contribution >= 4 is 29.3 Å². The molecule has 0 radical (unpaired) electrons. The van der Waals surface area contributed by atoms with E-state index in [4.69, 9.17) is 0 Å². The Morgan fingerprint density at radius 3 is 2.40 bits per heavy atom. The molecule has 4 nitrogen and oxygen atoms in total. The Morgan fingerprint density at radius 2 is 1.63 bits per heavy atom. The molecule has 0 bridgehead atoms.